The van der Waals surface area contributed by atoms with Crippen LogP contribution < -0.4 is 10.6 Å². The van der Waals surface area contributed by atoms with Crippen molar-refractivity contribution in [1.29, 1.82) is 0 Å². The fourth-order valence-corrected chi connectivity index (χ4v) is 4.09. The number of ether oxygens (including phenoxy) is 1. The van der Waals surface area contributed by atoms with Gasteiger partial charge < -0.3 is 25.6 Å². The molecular formula is C22H22N6O4. The topological polar surface area (TPSA) is 134 Å². The largest absolute Gasteiger partial charge is 0.387 e. The Hall–Kier alpha value is -3.60. The summed E-state index contributed by atoms with van der Waals surface area (Å²) in [5.41, 5.74) is 2.10. The summed E-state index contributed by atoms with van der Waals surface area (Å²) in [5, 5.41) is 28.9. The van der Waals surface area contributed by atoms with Crippen LogP contribution in [0.1, 0.15) is 11.8 Å². The highest BCUT2D eigenvalue weighted by molar-refractivity contribution is 5.86. The molecule has 1 fully saturated rings. The number of aliphatic hydroxyl groups is 2. The lowest BCUT2D eigenvalue weighted by Gasteiger charge is -2.16. The van der Waals surface area contributed by atoms with Crippen molar-refractivity contribution in [3.8, 4) is 0 Å². The summed E-state index contributed by atoms with van der Waals surface area (Å²) in [6, 6.07) is 14.3. The Balaban J connectivity index is 1.40. The number of nitrogens with one attached hydrogen (secondary N) is 2. The standard InChI is InChI=1S/C22H22N6O4/c29-12-23-9-16-18(30)19(31)22(32-16)28-11-27-17-20(25-10-26-21(17)28)24-8-14-6-3-5-13-4-1-2-7-15(13)14/h1-7,10-12,16,18-19,22,30-31H,8-9H2,(H,23,29)(H,24,25,26)/t16-,18-,19-,22-/m1/s1. The summed E-state index contributed by atoms with van der Waals surface area (Å²) in [7, 11) is 0. The van der Waals surface area contributed by atoms with E-state index in [1.165, 1.54) is 12.7 Å². The van der Waals surface area contributed by atoms with Gasteiger partial charge in [0.2, 0.25) is 6.41 Å². The smallest absolute Gasteiger partial charge is 0.207 e. The molecule has 4 aromatic rings. The Morgan fingerprint density at radius 1 is 1.06 bits per heavy atom. The molecule has 0 saturated carbocycles. The van der Waals surface area contributed by atoms with Crippen molar-refractivity contribution in [3.05, 3.63) is 60.7 Å². The molecule has 0 radical (unpaired) electrons. The van der Waals surface area contributed by atoms with Gasteiger partial charge >= 0.3 is 0 Å². The first kappa shape index (κ1) is 20.3. The Morgan fingerprint density at radius 3 is 2.78 bits per heavy atom. The molecule has 3 heterocycles. The molecule has 0 unspecified atom stereocenters. The van der Waals surface area contributed by atoms with E-state index in [-0.39, 0.29) is 6.54 Å². The number of carbonyl (C=O) groups is 1. The van der Waals surface area contributed by atoms with Crippen molar-refractivity contribution < 1.29 is 19.7 Å². The second-order valence-electron chi connectivity index (χ2n) is 7.61. The molecule has 4 atom stereocenters. The quantitative estimate of drug-likeness (QED) is 0.316. The van der Waals surface area contributed by atoms with Gasteiger partial charge in [-0.15, -0.1) is 0 Å². The van der Waals surface area contributed by atoms with Gasteiger partial charge in [0, 0.05) is 13.1 Å². The average molecular weight is 434 g/mol. The maximum Gasteiger partial charge on any atom is 0.207 e. The summed E-state index contributed by atoms with van der Waals surface area (Å²) < 4.78 is 7.34. The fourth-order valence-electron chi connectivity index (χ4n) is 4.09. The van der Waals surface area contributed by atoms with Gasteiger partial charge in [0.05, 0.1) is 6.33 Å². The van der Waals surface area contributed by atoms with Crippen molar-refractivity contribution >= 4 is 34.2 Å². The van der Waals surface area contributed by atoms with Crippen LogP contribution in [-0.2, 0) is 16.1 Å². The molecule has 0 spiro atoms. The molecule has 10 nitrogen and oxygen atoms in total. The number of anilines is 1. The molecule has 1 aliphatic rings. The predicted octanol–water partition coefficient (Wildman–Crippen LogP) is 0.957. The summed E-state index contributed by atoms with van der Waals surface area (Å²) >= 11 is 0. The second kappa shape index (κ2) is 8.50. The monoisotopic (exact) mass is 434 g/mol. The zero-order chi connectivity index (χ0) is 22.1. The molecule has 1 aliphatic heterocycles. The van der Waals surface area contributed by atoms with E-state index in [2.05, 4.69) is 49.9 Å². The number of rotatable bonds is 7. The molecular weight excluding hydrogens is 412 g/mol. The highest BCUT2D eigenvalue weighted by Gasteiger charge is 2.44. The number of carbonyl (C=O) groups excluding carboxylic acids is 1. The third-order valence-corrected chi connectivity index (χ3v) is 5.70. The number of imidazole rings is 1. The summed E-state index contributed by atoms with van der Waals surface area (Å²) in [6.07, 6.45) is -0.571. The molecule has 0 aliphatic carbocycles. The number of fused-ring (bicyclic) bond motifs is 2. The molecule has 5 rings (SSSR count). The number of amides is 1. The van der Waals surface area contributed by atoms with E-state index in [1.54, 1.807) is 4.57 Å². The first-order chi connectivity index (χ1) is 15.7. The molecule has 0 bridgehead atoms. The number of aromatic nitrogens is 4. The van der Waals surface area contributed by atoms with Gasteiger partial charge in [0.25, 0.3) is 0 Å². The van der Waals surface area contributed by atoms with Crippen molar-refractivity contribution in [2.24, 2.45) is 0 Å². The lowest BCUT2D eigenvalue weighted by atomic mass is 10.0. The maximum atomic E-state index is 10.6. The van der Waals surface area contributed by atoms with Crippen LogP contribution in [-0.4, -0.2) is 61.0 Å². The van der Waals surface area contributed by atoms with Crippen molar-refractivity contribution in [2.75, 3.05) is 11.9 Å². The van der Waals surface area contributed by atoms with Gasteiger partial charge in [-0.25, -0.2) is 15.0 Å². The number of benzene rings is 2. The average Bonchev–Trinajstić information content (AvgIpc) is 3.37. The second-order valence-corrected chi connectivity index (χ2v) is 7.61. The van der Waals surface area contributed by atoms with Crippen LogP contribution in [0.25, 0.3) is 21.9 Å². The van der Waals surface area contributed by atoms with E-state index in [0.717, 1.165) is 16.3 Å². The highest BCUT2D eigenvalue weighted by Crippen LogP contribution is 2.32. The van der Waals surface area contributed by atoms with Crippen molar-refractivity contribution in [1.82, 2.24) is 24.8 Å². The fraction of sp³-hybridized carbons (Fsp3) is 0.273. The third kappa shape index (κ3) is 3.54. The first-order valence-corrected chi connectivity index (χ1v) is 10.2. The Kier molecular flexibility index (Phi) is 5.39. The highest BCUT2D eigenvalue weighted by atomic mass is 16.6. The van der Waals surface area contributed by atoms with E-state index in [9.17, 15) is 15.0 Å². The molecule has 4 N–H and O–H groups in total. The Bertz CT molecular complexity index is 1260. The van der Waals surface area contributed by atoms with Crippen LogP contribution >= 0.6 is 0 Å². The van der Waals surface area contributed by atoms with Crippen LogP contribution in [0.15, 0.2) is 55.1 Å². The third-order valence-electron chi connectivity index (χ3n) is 5.70. The van der Waals surface area contributed by atoms with Gasteiger partial charge in [-0.3, -0.25) is 9.36 Å². The van der Waals surface area contributed by atoms with E-state index in [4.69, 9.17) is 4.74 Å². The van der Waals surface area contributed by atoms with Gasteiger partial charge in [0.15, 0.2) is 23.2 Å². The van der Waals surface area contributed by atoms with Crippen LogP contribution in [0.5, 0.6) is 0 Å². The number of nitrogens with zero attached hydrogens (tertiary/aromatic N) is 4. The number of hydrogen-bond donors (Lipinski definition) is 4. The summed E-state index contributed by atoms with van der Waals surface area (Å²) in [6.45, 7) is 0.624. The van der Waals surface area contributed by atoms with Crippen molar-refractivity contribution in [3.63, 3.8) is 0 Å². The SMILES string of the molecule is O=CNC[C@H]1O[C@@H](n2cnc3c(NCc4cccc5ccccc45)ncnc32)[C@H](O)[C@@H]1O. The van der Waals surface area contributed by atoms with Gasteiger partial charge in [-0.1, -0.05) is 42.5 Å². The number of hydrogen-bond acceptors (Lipinski definition) is 8. The van der Waals surface area contributed by atoms with E-state index in [0.29, 0.717) is 29.9 Å². The minimum Gasteiger partial charge on any atom is -0.387 e. The lowest BCUT2D eigenvalue weighted by molar-refractivity contribution is -0.110. The molecule has 32 heavy (non-hydrogen) atoms. The molecule has 1 saturated heterocycles. The van der Waals surface area contributed by atoms with Gasteiger partial charge in [-0.05, 0) is 16.3 Å². The van der Waals surface area contributed by atoms with Crippen LogP contribution in [0.4, 0.5) is 5.82 Å². The molecule has 164 valence electrons. The predicted molar refractivity (Wildman–Crippen MR) is 117 cm³/mol. The van der Waals surface area contributed by atoms with Gasteiger partial charge in [0.1, 0.15) is 24.6 Å². The van der Waals surface area contributed by atoms with Crippen LogP contribution in [0.2, 0.25) is 0 Å². The van der Waals surface area contributed by atoms with Crippen molar-refractivity contribution in [2.45, 2.75) is 31.1 Å². The van der Waals surface area contributed by atoms with Gasteiger partial charge in [-0.2, -0.15) is 0 Å². The molecule has 2 aromatic carbocycles. The summed E-state index contributed by atoms with van der Waals surface area (Å²) in [5.74, 6) is 0.550. The zero-order valence-corrected chi connectivity index (χ0v) is 17.0. The molecule has 10 heteroatoms. The Labute approximate surface area is 182 Å². The molecule has 2 aromatic heterocycles. The van der Waals surface area contributed by atoms with E-state index >= 15 is 0 Å². The molecule has 1 amide bonds. The van der Waals surface area contributed by atoms with Crippen LogP contribution in [0.3, 0.4) is 0 Å². The normalized spacial score (nSPS) is 22.9. The van der Waals surface area contributed by atoms with E-state index in [1.807, 2.05) is 18.2 Å². The number of aliphatic hydroxyl groups excluding tert-OH is 2. The Morgan fingerprint density at radius 2 is 1.91 bits per heavy atom. The summed E-state index contributed by atoms with van der Waals surface area (Å²) in [4.78, 5) is 23.6. The maximum absolute atomic E-state index is 10.6. The zero-order valence-electron chi connectivity index (χ0n) is 17.0. The minimum atomic E-state index is -1.20. The minimum absolute atomic E-state index is 0.0810. The van der Waals surface area contributed by atoms with E-state index < -0.39 is 24.5 Å². The first-order valence-electron chi connectivity index (χ1n) is 10.2. The lowest BCUT2D eigenvalue weighted by Crippen LogP contribution is -2.37. The van der Waals surface area contributed by atoms with Crippen LogP contribution in [0, 0.1) is 0 Å².